The van der Waals surface area contributed by atoms with E-state index in [1.165, 1.54) is 47.4 Å². The Hall–Kier alpha value is -4.11. The number of oxime groups is 1. The SMILES string of the molecule is Cc1cc(F)ccc1C(=O)c1ccc2c(c1)/C(=N/O)C(=O)N2Cc1cc(F)cc2c1OCOC2. The first-order valence-electron chi connectivity index (χ1n) is 10.4. The van der Waals surface area contributed by atoms with Gasteiger partial charge >= 0.3 is 0 Å². The van der Waals surface area contributed by atoms with Crippen molar-refractivity contribution in [3.05, 3.63) is 93.5 Å². The molecule has 5 rings (SSSR count). The highest BCUT2D eigenvalue weighted by Gasteiger charge is 2.36. The average Bonchev–Trinajstić information content (AvgIpc) is 3.08. The fourth-order valence-electron chi connectivity index (χ4n) is 4.29. The molecular formula is C25H18F2N2O5. The number of ketones is 1. The fourth-order valence-corrected chi connectivity index (χ4v) is 4.29. The summed E-state index contributed by atoms with van der Waals surface area (Å²) in [5, 5.41) is 12.7. The van der Waals surface area contributed by atoms with E-state index in [4.69, 9.17) is 9.47 Å². The van der Waals surface area contributed by atoms with Crippen molar-refractivity contribution in [3.8, 4) is 5.75 Å². The largest absolute Gasteiger partial charge is 0.467 e. The molecule has 0 fully saturated rings. The molecule has 2 heterocycles. The maximum absolute atomic E-state index is 14.2. The Balaban J connectivity index is 1.53. The lowest BCUT2D eigenvalue weighted by molar-refractivity contribution is -0.112. The summed E-state index contributed by atoms with van der Waals surface area (Å²) >= 11 is 0. The Labute approximate surface area is 192 Å². The van der Waals surface area contributed by atoms with Crippen LogP contribution < -0.4 is 9.64 Å². The number of anilines is 1. The van der Waals surface area contributed by atoms with Gasteiger partial charge in [-0.2, -0.15) is 0 Å². The monoisotopic (exact) mass is 464 g/mol. The summed E-state index contributed by atoms with van der Waals surface area (Å²) in [5.41, 5.74) is 2.40. The minimum Gasteiger partial charge on any atom is -0.467 e. The number of ether oxygens (including phenoxy) is 2. The molecule has 2 aliphatic heterocycles. The molecule has 0 saturated heterocycles. The number of fused-ring (bicyclic) bond motifs is 2. The second kappa shape index (κ2) is 8.35. The molecule has 0 unspecified atom stereocenters. The third kappa shape index (κ3) is 3.60. The van der Waals surface area contributed by atoms with Crippen LogP contribution in [0, 0.1) is 18.6 Å². The standard InChI is InChI=1S/C25H18F2N2O5/c1-13-6-17(26)3-4-19(13)23(30)14-2-5-21-20(9-14)22(28-32)25(31)29(21)10-15-7-18(27)8-16-11-33-12-34-24(15)16/h2-9,32H,10-12H2,1H3/b28-22-. The van der Waals surface area contributed by atoms with E-state index in [2.05, 4.69) is 5.16 Å². The summed E-state index contributed by atoms with van der Waals surface area (Å²) in [6, 6.07) is 11.0. The number of aryl methyl sites for hydroxylation is 1. The van der Waals surface area contributed by atoms with Crippen LogP contribution >= 0.6 is 0 Å². The number of amides is 1. The van der Waals surface area contributed by atoms with E-state index in [1.54, 1.807) is 13.0 Å². The molecule has 2 aliphatic rings. The predicted octanol–water partition coefficient (Wildman–Crippen LogP) is 4.10. The number of rotatable bonds is 4. The summed E-state index contributed by atoms with van der Waals surface area (Å²) < 4.78 is 38.4. The number of hydrogen-bond donors (Lipinski definition) is 1. The molecular weight excluding hydrogens is 446 g/mol. The van der Waals surface area contributed by atoms with Gasteiger partial charge < -0.3 is 19.6 Å². The summed E-state index contributed by atoms with van der Waals surface area (Å²) in [4.78, 5) is 27.4. The van der Waals surface area contributed by atoms with Crippen molar-refractivity contribution in [1.82, 2.24) is 0 Å². The topological polar surface area (TPSA) is 88.4 Å². The first kappa shape index (κ1) is 21.7. The Bertz CT molecular complexity index is 1390. The summed E-state index contributed by atoms with van der Waals surface area (Å²) in [5.74, 6) is -1.48. The predicted molar refractivity (Wildman–Crippen MR) is 117 cm³/mol. The maximum atomic E-state index is 14.2. The van der Waals surface area contributed by atoms with Crippen LogP contribution in [0.3, 0.4) is 0 Å². The zero-order valence-electron chi connectivity index (χ0n) is 18.0. The third-order valence-corrected chi connectivity index (χ3v) is 5.87. The lowest BCUT2D eigenvalue weighted by Crippen LogP contribution is -2.30. The van der Waals surface area contributed by atoms with Crippen LogP contribution in [0.1, 0.15) is 38.2 Å². The molecule has 7 nitrogen and oxygen atoms in total. The fraction of sp³-hybridized carbons (Fsp3) is 0.160. The molecule has 0 spiro atoms. The second-order valence-corrected chi connectivity index (χ2v) is 8.02. The Morgan fingerprint density at radius 1 is 1.12 bits per heavy atom. The van der Waals surface area contributed by atoms with Gasteiger partial charge in [-0.25, -0.2) is 8.78 Å². The highest BCUT2D eigenvalue weighted by atomic mass is 19.1. The summed E-state index contributed by atoms with van der Waals surface area (Å²) in [6.45, 7) is 1.77. The number of benzene rings is 3. The van der Waals surface area contributed by atoms with Crippen LogP contribution in [-0.4, -0.2) is 29.4 Å². The van der Waals surface area contributed by atoms with Crippen molar-refractivity contribution in [2.75, 3.05) is 11.7 Å². The van der Waals surface area contributed by atoms with Gasteiger partial charge in [0.2, 0.25) is 0 Å². The smallest absolute Gasteiger partial charge is 0.281 e. The van der Waals surface area contributed by atoms with E-state index in [0.29, 0.717) is 33.7 Å². The molecule has 0 radical (unpaired) electrons. The van der Waals surface area contributed by atoms with Gasteiger partial charge in [0.15, 0.2) is 18.3 Å². The van der Waals surface area contributed by atoms with Gasteiger partial charge in [0, 0.05) is 27.8 Å². The number of hydrogen-bond acceptors (Lipinski definition) is 6. The normalized spacial score (nSPS) is 15.8. The van der Waals surface area contributed by atoms with Gasteiger partial charge in [-0.05, 0) is 61.0 Å². The summed E-state index contributed by atoms with van der Waals surface area (Å²) in [7, 11) is 0. The van der Waals surface area contributed by atoms with Gasteiger partial charge in [0.05, 0.1) is 18.8 Å². The van der Waals surface area contributed by atoms with E-state index < -0.39 is 17.5 Å². The van der Waals surface area contributed by atoms with Gasteiger partial charge in [-0.1, -0.05) is 5.16 Å². The first-order valence-corrected chi connectivity index (χ1v) is 10.4. The number of nitrogens with zero attached hydrogens (tertiary/aromatic N) is 2. The zero-order valence-corrected chi connectivity index (χ0v) is 18.0. The van der Waals surface area contributed by atoms with Crippen molar-refractivity contribution < 1.29 is 33.1 Å². The lowest BCUT2D eigenvalue weighted by Gasteiger charge is -2.24. The van der Waals surface area contributed by atoms with E-state index in [1.807, 2.05) is 0 Å². The molecule has 0 aliphatic carbocycles. The van der Waals surface area contributed by atoms with Crippen LogP contribution in [0.5, 0.6) is 5.75 Å². The van der Waals surface area contributed by atoms with Crippen LogP contribution in [0.15, 0.2) is 53.7 Å². The number of carbonyl (C=O) groups excluding carboxylic acids is 2. The number of halogens is 2. The first-order chi connectivity index (χ1) is 16.4. The molecule has 34 heavy (non-hydrogen) atoms. The van der Waals surface area contributed by atoms with Crippen molar-refractivity contribution in [3.63, 3.8) is 0 Å². The third-order valence-electron chi connectivity index (χ3n) is 5.87. The molecule has 0 saturated carbocycles. The molecule has 9 heteroatoms. The Morgan fingerprint density at radius 2 is 1.94 bits per heavy atom. The van der Waals surface area contributed by atoms with Gasteiger partial charge in [-0.3, -0.25) is 9.59 Å². The van der Waals surface area contributed by atoms with Crippen molar-refractivity contribution in [2.24, 2.45) is 5.16 Å². The lowest BCUT2D eigenvalue weighted by atomic mass is 9.97. The molecule has 0 atom stereocenters. The Morgan fingerprint density at radius 3 is 2.71 bits per heavy atom. The van der Waals surface area contributed by atoms with Crippen LogP contribution in [0.25, 0.3) is 0 Å². The molecule has 3 aromatic rings. The van der Waals surface area contributed by atoms with E-state index >= 15 is 0 Å². The maximum Gasteiger partial charge on any atom is 0.281 e. The molecule has 1 N–H and O–H groups in total. The zero-order chi connectivity index (χ0) is 24.0. The van der Waals surface area contributed by atoms with Gasteiger partial charge in [0.25, 0.3) is 5.91 Å². The van der Waals surface area contributed by atoms with Gasteiger partial charge in [-0.15, -0.1) is 0 Å². The van der Waals surface area contributed by atoms with E-state index in [-0.39, 0.29) is 42.6 Å². The van der Waals surface area contributed by atoms with E-state index in [9.17, 15) is 23.6 Å². The molecule has 0 bridgehead atoms. The van der Waals surface area contributed by atoms with E-state index in [0.717, 1.165) is 0 Å². The molecule has 172 valence electrons. The average molecular weight is 464 g/mol. The number of carbonyl (C=O) groups is 2. The Kier molecular flexibility index (Phi) is 5.33. The highest BCUT2D eigenvalue weighted by molar-refractivity contribution is 6.54. The highest BCUT2D eigenvalue weighted by Crippen LogP contribution is 2.36. The van der Waals surface area contributed by atoms with Crippen molar-refractivity contribution in [1.29, 1.82) is 0 Å². The molecule has 3 aromatic carbocycles. The minimum atomic E-state index is -0.606. The molecule has 1 amide bonds. The van der Waals surface area contributed by atoms with Crippen LogP contribution in [0.4, 0.5) is 14.5 Å². The summed E-state index contributed by atoms with van der Waals surface area (Å²) in [6.07, 6.45) is 0. The second-order valence-electron chi connectivity index (χ2n) is 8.02. The van der Waals surface area contributed by atoms with Crippen molar-refractivity contribution in [2.45, 2.75) is 20.1 Å². The quantitative estimate of drug-likeness (QED) is 0.357. The van der Waals surface area contributed by atoms with Crippen LogP contribution in [-0.2, 0) is 22.7 Å². The van der Waals surface area contributed by atoms with Crippen LogP contribution in [0.2, 0.25) is 0 Å². The minimum absolute atomic E-state index is 0.00773. The van der Waals surface area contributed by atoms with Gasteiger partial charge in [0.1, 0.15) is 17.4 Å². The van der Waals surface area contributed by atoms with Crippen molar-refractivity contribution >= 4 is 23.1 Å². The molecule has 0 aromatic heterocycles.